The Labute approximate surface area is 125 Å². The highest BCUT2D eigenvalue weighted by atomic mass is 16.5. The van der Waals surface area contributed by atoms with E-state index in [2.05, 4.69) is 5.32 Å². The molecule has 1 aromatic rings. The third-order valence-electron chi connectivity index (χ3n) is 4.31. The van der Waals surface area contributed by atoms with Crippen LogP contribution in [0.15, 0.2) is 24.3 Å². The summed E-state index contributed by atoms with van der Waals surface area (Å²) in [6, 6.07) is 7.19. The fraction of sp³-hybridized carbons (Fsp3) is 0.562. The third kappa shape index (κ3) is 3.95. The first-order valence-corrected chi connectivity index (χ1v) is 6.92. The van der Waals surface area contributed by atoms with Gasteiger partial charge in [0.25, 0.3) is 0 Å². The second kappa shape index (κ2) is 6.45. The number of ether oxygens (including phenoxy) is 1. The van der Waals surface area contributed by atoms with Gasteiger partial charge in [-0.1, -0.05) is 12.1 Å². The minimum absolute atomic E-state index is 0.261. The van der Waals surface area contributed by atoms with Crippen molar-refractivity contribution < 1.29 is 19.7 Å². The lowest BCUT2D eigenvalue weighted by Crippen LogP contribution is -2.55. The number of carboxylic acid groups (broad SMARTS) is 1. The lowest BCUT2D eigenvalue weighted by Gasteiger charge is -2.39. The van der Waals surface area contributed by atoms with Gasteiger partial charge >= 0.3 is 5.97 Å². The van der Waals surface area contributed by atoms with Gasteiger partial charge < -0.3 is 20.3 Å². The van der Waals surface area contributed by atoms with Crippen LogP contribution in [0.4, 0.5) is 0 Å². The van der Waals surface area contributed by atoms with Gasteiger partial charge in [-0.15, -0.1) is 0 Å². The third-order valence-corrected chi connectivity index (χ3v) is 4.31. The van der Waals surface area contributed by atoms with E-state index in [9.17, 15) is 15.0 Å². The number of aliphatic carboxylic acids is 1. The van der Waals surface area contributed by atoms with Gasteiger partial charge in [0.05, 0.1) is 18.6 Å². The number of carboxylic acids is 1. The quantitative estimate of drug-likeness (QED) is 0.719. The maximum Gasteiger partial charge on any atom is 0.310 e. The van der Waals surface area contributed by atoms with Gasteiger partial charge in [-0.3, -0.25) is 4.79 Å². The van der Waals surface area contributed by atoms with Crippen LogP contribution in [0.5, 0.6) is 5.75 Å². The standard InChI is InChI=1S/C16H25NO4/c1-15(2,14(19)20)16(3,4)17-10-13(18)11-7-6-8-12(9-11)21-5/h6-9,13,17-18H,10H2,1-5H3,(H,19,20). The number of aliphatic hydroxyl groups is 1. The summed E-state index contributed by atoms with van der Waals surface area (Å²) >= 11 is 0. The van der Waals surface area contributed by atoms with Crippen molar-refractivity contribution >= 4 is 5.97 Å². The minimum Gasteiger partial charge on any atom is -0.497 e. The molecular formula is C16H25NO4. The van der Waals surface area contributed by atoms with E-state index in [1.807, 2.05) is 26.0 Å². The van der Waals surface area contributed by atoms with E-state index in [-0.39, 0.29) is 6.54 Å². The molecule has 0 aliphatic rings. The van der Waals surface area contributed by atoms with Crippen molar-refractivity contribution in [3.05, 3.63) is 29.8 Å². The number of aliphatic hydroxyl groups excluding tert-OH is 1. The average Bonchev–Trinajstić information content (AvgIpc) is 2.44. The van der Waals surface area contributed by atoms with Crippen molar-refractivity contribution in [2.75, 3.05) is 13.7 Å². The Balaban J connectivity index is 2.75. The van der Waals surface area contributed by atoms with Crippen molar-refractivity contribution in [3.8, 4) is 5.75 Å². The smallest absolute Gasteiger partial charge is 0.310 e. The summed E-state index contributed by atoms with van der Waals surface area (Å²) in [7, 11) is 1.57. The number of hydrogen-bond acceptors (Lipinski definition) is 4. The zero-order valence-corrected chi connectivity index (χ0v) is 13.3. The molecule has 0 bridgehead atoms. The summed E-state index contributed by atoms with van der Waals surface area (Å²) in [6.45, 7) is 7.23. The van der Waals surface area contributed by atoms with Gasteiger partial charge in [0, 0.05) is 12.1 Å². The van der Waals surface area contributed by atoms with Crippen molar-refractivity contribution in [2.24, 2.45) is 5.41 Å². The number of nitrogens with one attached hydrogen (secondary N) is 1. The van der Waals surface area contributed by atoms with E-state index in [4.69, 9.17) is 4.74 Å². The van der Waals surface area contributed by atoms with Crippen LogP contribution in [0.1, 0.15) is 39.4 Å². The number of β-amino-alcohol motifs (C(OH)–C–C–N with tert-alkyl or cyclic N) is 1. The molecule has 0 saturated heterocycles. The molecule has 21 heavy (non-hydrogen) atoms. The largest absolute Gasteiger partial charge is 0.497 e. The van der Waals surface area contributed by atoms with Gasteiger partial charge in [0.1, 0.15) is 5.75 Å². The van der Waals surface area contributed by atoms with Gasteiger partial charge in [-0.2, -0.15) is 0 Å². The van der Waals surface area contributed by atoms with Crippen molar-refractivity contribution in [1.29, 1.82) is 0 Å². The second-order valence-electron chi connectivity index (χ2n) is 6.23. The molecule has 0 aliphatic carbocycles. The Hall–Kier alpha value is -1.59. The van der Waals surface area contributed by atoms with Crippen LogP contribution in [-0.4, -0.2) is 35.4 Å². The predicted octanol–water partition coefficient (Wildman–Crippen LogP) is 2.21. The molecular weight excluding hydrogens is 270 g/mol. The van der Waals surface area contributed by atoms with E-state index in [0.29, 0.717) is 5.75 Å². The molecule has 0 heterocycles. The van der Waals surface area contributed by atoms with Crippen LogP contribution in [0.3, 0.4) is 0 Å². The van der Waals surface area contributed by atoms with Crippen molar-refractivity contribution in [1.82, 2.24) is 5.32 Å². The summed E-state index contributed by atoms with van der Waals surface area (Å²) in [5, 5.41) is 22.7. The van der Waals surface area contributed by atoms with Gasteiger partial charge in [-0.05, 0) is 45.4 Å². The molecule has 1 rings (SSSR count). The topological polar surface area (TPSA) is 78.8 Å². The first kappa shape index (κ1) is 17.5. The number of carbonyl (C=O) groups is 1. The van der Waals surface area contributed by atoms with E-state index >= 15 is 0 Å². The molecule has 1 atom stereocenters. The Morgan fingerprint density at radius 2 is 1.95 bits per heavy atom. The first-order chi connectivity index (χ1) is 9.61. The Kier molecular flexibility index (Phi) is 5.36. The highest BCUT2D eigenvalue weighted by molar-refractivity contribution is 5.75. The molecule has 0 aliphatic heterocycles. The highest BCUT2D eigenvalue weighted by Crippen LogP contribution is 2.31. The molecule has 1 aromatic carbocycles. The first-order valence-electron chi connectivity index (χ1n) is 6.92. The zero-order chi connectivity index (χ0) is 16.3. The van der Waals surface area contributed by atoms with Crippen molar-refractivity contribution in [3.63, 3.8) is 0 Å². The molecule has 0 amide bonds. The molecule has 5 heteroatoms. The number of rotatable bonds is 7. The van der Waals surface area contributed by atoms with Crippen LogP contribution < -0.4 is 10.1 Å². The molecule has 0 radical (unpaired) electrons. The zero-order valence-electron chi connectivity index (χ0n) is 13.3. The summed E-state index contributed by atoms with van der Waals surface area (Å²) < 4.78 is 5.13. The summed E-state index contributed by atoms with van der Waals surface area (Å²) in [5.74, 6) is -0.201. The summed E-state index contributed by atoms with van der Waals surface area (Å²) in [5.41, 5.74) is -0.898. The Morgan fingerprint density at radius 3 is 2.48 bits per heavy atom. The fourth-order valence-electron chi connectivity index (χ4n) is 1.81. The Morgan fingerprint density at radius 1 is 1.33 bits per heavy atom. The molecule has 1 unspecified atom stereocenters. The van der Waals surface area contributed by atoms with E-state index < -0.39 is 23.0 Å². The number of methoxy groups -OCH3 is 1. The van der Waals surface area contributed by atoms with E-state index in [1.54, 1.807) is 33.1 Å². The van der Waals surface area contributed by atoms with Crippen LogP contribution >= 0.6 is 0 Å². The minimum atomic E-state index is -0.957. The number of hydrogen-bond donors (Lipinski definition) is 3. The molecule has 5 nitrogen and oxygen atoms in total. The molecule has 3 N–H and O–H groups in total. The van der Waals surface area contributed by atoms with Gasteiger partial charge in [0.2, 0.25) is 0 Å². The molecule has 0 saturated carbocycles. The Bertz CT molecular complexity index is 497. The monoisotopic (exact) mass is 295 g/mol. The normalized spacial score (nSPS) is 13.8. The maximum absolute atomic E-state index is 11.3. The van der Waals surface area contributed by atoms with Crippen LogP contribution in [-0.2, 0) is 4.79 Å². The van der Waals surface area contributed by atoms with Crippen molar-refractivity contribution in [2.45, 2.75) is 39.3 Å². The maximum atomic E-state index is 11.3. The molecule has 0 aromatic heterocycles. The van der Waals surface area contributed by atoms with E-state index in [0.717, 1.165) is 5.56 Å². The van der Waals surface area contributed by atoms with Crippen LogP contribution in [0.25, 0.3) is 0 Å². The molecule has 0 spiro atoms. The van der Waals surface area contributed by atoms with Gasteiger partial charge in [0.15, 0.2) is 0 Å². The fourth-order valence-corrected chi connectivity index (χ4v) is 1.81. The lowest BCUT2D eigenvalue weighted by atomic mass is 9.74. The lowest BCUT2D eigenvalue weighted by molar-refractivity contribution is -0.151. The summed E-state index contributed by atoms with van der Waals surface area (Å²) in [4.78, 5) is 11.3. The number of benzene rings is 1. The van der Waals surface area contributed by atoms with Crippen LogP contribution in [0, 0.1) is 5.41 Å². The second-order valence-corrected chi connectivity index (χ2v) is 6.23. The SMILES string of the molecule is COc1cccc(C(O)CNC(C)(C)C(C)(C)C(=O)O)c1. The van der Waals surface area contributed by atoms with E-state index in [1.165, 1.54) is 0 Å². The van der Waals surface area contributed by atoms with Crippen LogP contribution in [0.2, 0.25) is 0 Å². The predicted molar refractivity (Wildman–Crippen MR) is 81.5 cm³/mol. The average molecular weight is 295 g/mol. The molecule has 118 valence electrons. The molecule has 0 fully saturated rings. The highest BCUT2D eigenvalue weighted by Gasteiger charge is 2.43. The summed E-state index contributed by atoms with van der Waals surface area (Å²) in [6.07, 6.45) is -0.732. The van der Waals surface area contributed by atoms with Gasteiger partial charge in [-0.25, -0.2) is 0 Å².